The van der Waals surface area contributed by atoms with Gasteiger partial charge in [0.25, 0.3) is 0 Å². The lowest BCUT2D eigenvalue weighted by molar-refractivity contribution is -0.134. The van der Waals surface area contributed by atoms with Crippen molar-refractivity contribution in [2.24, 2.45) is 0 Å². The van der Waals surface area contributed by atoms with E-state index in [-0.39, 0.29) is 11.9 Å². The second-order valence-corrected chi connectivity index (χ2v) is 6.09. The normalized spacial score (nSPS) is 22.5. The topological polar surface area (TPSA) is 35.6 Å². The fourth-order valence-corrected chi connectivity index (χ4v) is 3.68. The molecule has 4 heteroatoms. The minimum Gasteiger partial charge on any atom is -0.366 e. The Morgan fingerprint density at radius 3 is 3.00 bits per heavy atom. The van der Waals surface area contributed by atoms with Gasteiger partial charge >= 0.3 is 0 Å². The van der Waals surface area contributed by atoms with E-state index in [9.17, 15) is 4.79 Å². The smallest absolute Gasteiger partial charge is 0.240 e. The molecule has 2 atom stereocenters. The zero-order valence-corrected chi connectivity index (χ0v) is 13.0. The van der Waals surface area contributed by atoms with Crippen LogP contribution >= 0.6 is 0 Å². The summed E-state index contributed by atoms with van der Waals surface area (Å²) in [5.41, 5.74) is 2.61. The van der Waals surface area contributed by atoms with Crippen molar-refractivity contribution >= 4 is 11.6 Å². The van der Waals surface area contributed by atoms with Crippen LogP contribution in [-0.2, 0) is 11.3 Å². The zero-order chi connectivity index (χ0) is 14.8. The summed E-state index contributed by atoms with van der Waals surface area (Å²) in [7, 11) is 1.87. The number of hydrogen-bond donors (Lipinski definition) is 1. The van der Waals surface area contributed by atoms with Crippen molar-refractivity contribution in [3.63, 3.8) is 0 Å². The van der Waals surface area contributed by atoms with E-state index in [0.717, 1.165) is 26.1 Å². The predicted molar refractivity (Wildman–Crippen MR) is 85.4 cm³/mol. The maximum atomic E-state index is 12.8. The first-order valence-corrected chi connectivity index (χ1v) is 8.05. The van der Waals surface area contributed by atoms with Gasteiger partial charge in [-0.25, -0.2) is 0 Å². The fourth-order valence-electron chi connectivity index (χ4n) is 3.68. The van der Waals surface area contributed by atoms with Crippen LogP contribution in [0, 0.1) is 0 Å². The largest absolute Gasteiger partial charge is 0.366 e. The SMILES string of the molecule is CCC(NC)C(=O)N1Cc2ccccc2N2CCC[C@H]2C1. The highest BCUT2D eigenvalue weighted by Crippen LogP contribution is 2.33. The molecule has 1 N–H and O–H groups in total. The van der Waals surface area contributed by atoms with E-state index in [4.69, 9.17) is 0 Å². The Labute approximate surface area is 127 Å². The molecule has 0 spiro atoms. The average Bonchev–Trinajstić information content (AvgIpc) is 2.90. The molecule has 2 aliphatic rings. The number of anilines is 1. The van der Waals surface area contributed by atoms with E-state index in [0.29, 0.717) is 6.04 Å². The Kier molecular flexibility index (Phi) is 4.15. The molecule has 1 amide bonds. The van der Waals surface area contributed by atoms with Crippen LogP contribution in [0.4, 0.5) is 5.69 Å². The third-order valence-corrected chi connectivity index (χ3v) is 4.84. The van der Waals surface area contributed by atoms with Gasteiger partial charge in [-0.3, -0.25) is 4.79 Å². The molecular weight excluding hydrogens is 262 g/mol. The molecule has 4 nitrogen and oxygen atoms in total. The van der Waals surface area contributed by atoms with Gasteiger partial charge in [-0.05, 0) is 37.9 Å². The van der Waals surface area contributed by atoms with Crippen LogP contribution in [0.25, 0.3) is 0 Å². The van der Waals surface area contributed by atoms with Crippen LogP contribution in [0.2, 0.25) is 0 Å². The Bertz CT molecular complexity index is 513. The van der Waals surface area contributed by atoms with Gasteiger partial charge in [-0.1, -0.05) is 25.1 Å². The van der Waals surface area contributed by atoms with Gasteiger partial charge in [0.2, 0.25) is 5.91 Å². The second kappa shape index (κ2) is 6.06. The number of carbonyl (C=O) groups is 1. The van der Waals surface area contributed by atoms with Crippen LogP contribution in [0.5, 0.6) is 0 Å². The Balaban J connectivity index is 1.90. The van der Waals surface area contributed by atoms with E-state index < -0.39 is 0 Å². The first-order valence-electron chi connectivity index (χ1n) is 8.05. The molecule has 1 fully saturated rings. The highest BCUT2D eigenvalue weighted by atomic mass is 16.2. The third kappa shape index (κ3) is 2.64. The van der Waals surface area contributed by atoms with Gasteiger partial charge < -0.3 is 15.1 Å². The lowest BCUT2D eigenvalue weighted by Crippen LogP contribution is -2.47. The lowest BCUT2D eigenvalue weighted by Gasteiger charge is -2.29. The molecule has 114 valence electrons. The van der Waals surface area contributed by atoms with E-state index in [1.165, 1.54) is 24.1 Å². The Morgan fingerprint density at radius 2 is 2.24 bits per heavy atom. The maximum Gasteiger partial charge on any atom is 0.240 e. The fraction of sp³-hybridized carbons (Fsp3) is 0.588. The minimum atomic E-state index is -0.0647. The third-order valence-electron chi connectivity index (χ3n) is 4.84. The molecule has 1 unspecified atom stereocenters. The molecule has 1 saturated heterocycles. The summed E-state index contributed by atoms with van der Waals surface area (Å²) >= 11 is 0. The number of carbonyl (C=O) groups excluding carboxylic acids is 1. The number of nitrogens with one attached hydrogen (secondary N) is 1. The van der Waals surface area contributed by atoms with E-state index in [1.54, 1.807) is 0 Å². The minimum absolute atomic E-state index is 0.0647. The maximum absolute atomic E-state index is 12.8. The predicted octanol–water partition coefficient (Wildman–Crippen LogP) is 2.00. The molecule has 2 aliphatic heterocycles. The van der Waals surface area contributed by atoms with Crippen molar-refractivity contribution in [3.05, 3.63) is 29.8 Å². The Morgan fingerprint density at radius 1 is 1.43 bits per heavy atom. The average molecular weight is 287 g/mol. The highest BCUT2D eigenvalue weighted by molar-refractivity contribution is 5.82. The van der Waals surface area contributed by atoms with E-state index in [1.807, 2.05) is 7.05 Å². The zero-order valence-electron chi connectivity index (χ0n) is 13.0. The van der Waals surface area contributed by atoms with Crippen LogP contribution in [0.3, 0.4) is 0 Å². The first-order chi connectivity index (χ1) is 10.2. The number of benzene rings is 1. The summed E-state index contributed by atoms with van der Waals surface area (Å²) < 4.78 is 0. The molecule has 0 saturated carbocycles. The summed E-state index contributed by atoms with van der Waals surface area (Å²) in [5, 5.41) is 3.15. The number of amides is 1. The summed E-state index contributed by atoms with van der Waals surface area (Å²) in [6.07, 6.45) is 3.25. The molecule has 0 aliphatic carbocycles. The van der Waals surface area contributed by atoms with Crippen molar-refractivity contribution in [1.82, 2.24) is 10.2 Å². The van der Waals surface area contributed by atoms with Gasteiger partial charge in [0.05, 0.1) is 6.04 Å². The highest BCUT2D eigenvalue weighted by Gasteiger charge is 2.34. The molecule has 21 heavy (non-hydrogen) atoms. The van der Waals surface area contributed by atoms with E-state index >= 15 is 0 Å². The summed E-state index contributed by atoms with van der Waals surface area (Å²) in [6, 6.07) is 8.96. The van der Waals surface area contributed by atoms with Crippen LogP contribution in [0.15, 0.2) is 24.3 Å². The van der Waals surface area contributed by atoms with Crippen LogP contribution in [0.1, 0.15) is 31.7 Å². The van der Waals surface area contributed by atoms with Gasteiger partial charge in [0.1, 0.15) is 0 Å². The monoisotopic (exact) mass is 287 g/mol. The number of para-hydroxylation sites is 1. The van der Waals surface area contributed by atoms with Crippen molar-refractivity contribution < 1.29 is 4.79 Å². The van der Waals surface area contributed by atoms with Crippen LogP contribution in [-0.4, -0.2) is 43.0 Å². The molecule has 0 radical (unpaired) electrons. The van der Waals surface area contributed by atoms with Gasteiger partial charge in [-0.2, -0.15) is 0 Å². The van der Waals surface area contributed by atoms with Gasteiger partial charge in [0, 0.05) is 31.4 Å². The number of likely N-dealkylation sites (N-methyl/N-ethyl adjacent to an activating group) is 1. The summed E-state index contributed by atoms with van der Waals surface area (Å²) in [5.74, 6) is 0.239. The number of fused-ring (bicyclic) bond motifs is 3. The van der Waals surface area contributed by atoms with Crippen molar-refractivity contribution in [2.45, 2.75) is 44.8 Å². The van der Waals surface area contributed by atoms with Crippen molar-refractivity contribution in [1.29, 1.82) is 0 Å². The molecule has 0 aromatic heterocycles. The number of hydrogen-bond acceptors (Lipinski definition) is 3. The molecular formula is C17H25N3O. The van der Waals surface area contributed by atoms with Gasteiger partial charge in [0.15, 0.2) is 0 Å². The van der Waals surface area contributed by atoms with Crippen molar-refractivity contribution in [3.8, 4) is 0 Å². The molecule has 1 aromatic carbocycles. The van der Waals surface area contributed by atoms with E-state index in [2.05, 4.69) is 46.3 Å². The molecule has 3 rings (SSSR count). The Hall–Kier alpha value is -1.55. The molecule has 2 heterocycles. The first kappa shape index (κ1) is 14.4. The van der Waals surface area contributed by atoms with Gasteiger partial charge in [-0.15, -0.1) is 0 Å². The summed E-state index contributed by atoms with van der Waals surface area (Å²) in [6.45, 7) is 4.77. The number of nitrogens with zero attached hydrogens (tertiary/aromatic N) is 2. The standard InChI is InChI=1S/C17H25N3O/c1-3-15(18-2)17(21)19-11-13-7-4-5-9-16(13)20-10-6-8-14(20)12-19/h4-5,7,9,14-15,18H,3,6,8,10-12H2,1-2H3/t14-,15?/m0/s1. The van der Waals surface area contributed by atoms with Crippen molar-refractivity contribution in [2.75, 3.05) is 25.0 Å². The molecule has 0 bridgehead atoms. The second-order valence-electron chi connectivity index (χ2n) is 6.09. The quantitative estimate of drug-likeness (QED) is 0.923. The lowest BCUT2D eigenvalue weighted by atomic mass is 10.1. The van der Waals surface area contributed by atoms with Crippen LogP contribution < -0.4 is 10.2 Å². The molecule has 1 aromatic rings. The number of rotatable bonds is 3. The summed E-state index contributed by atoms with van der Waals surface area (Å²) in [4.78, 5) is 17.3.